The fourth-order valence-corrected chi connectivity index (χ4v) is 2.48. The maximum absolute atomic E-state index is 5.18. The van der Waals surface area contributed by atoms with Crippen LogP contribution in [-0.2, 0) is 0 Å². The van der Waals surface area contributed by atoms with Gasteiger partial charge in [0.25, 0.3) is 5.88 Å². The molecule has 0 aliphatic rings. The van der Waals surface area contributed by atoms with Gasteiger partial charge in [-0.3, -0.25) is 0 Å². The van der Waals surface area contributed by atoms with Crippen molar-refractivity contribution in [2.45, 2.75) is 11.8 Å². The highest BCUT2D eigenvalue weighted by Crippen LogP contribution is 2.30. The molecule has 6 heteroatoms. The van der Waals surface area contributed by atoms with Crippen LogP contribution in [0.25, 0.3) is 0 Å². The Hall–Kier alpha value is -1.27. The van der Waals surface area contributed by atoms with E-state index in [9.17, 15) is 0 Å². The number of nitrogens with one attached hydrogen (secondary N) is 1. The van der Waals surface area contributed by atoms with Crippen molar-refractivity contribution in [3.8, 4) is 5.88 Å². The Bertz CT molecular complexity index is 551. The van der Waals surface area contributed by atoms with E-state index in [1.54, 1.807) is 13.3 Å². The van der Waals surface area contributed by atoms with Crippen LogP contribution in [0.15, 0.2) is 39.8 Å². The molecule has 1 aromatic heterocycles. The van der Waals surface area contributed by atoms with Gasteiger partial charge in [0.05, 0.1) is 19.0 Å². The van der Waals surface area contributed by atoms with Crippen LogP contribution in [0.1, 0.15) is 5.69 Å². The van der Waals surface area contributed by atoms with Crippen molar-refractivity contribution >= 4 is 33.7 Å². The quantitative estimate of drug-likeness (QED) is 0.869. The van der Waals surface area contributed by atoms with Crippen molar-refractivity contribution in [1.29, 1.82) is 0 Å². The first kappa shape index (κ1) is 13.2. The number of hydrogen-bond acceptors (Lipinski definition) is 5. The van der Waals surface area contributed by atoms with Crippen LogP contribution in [0.2, 0.25) is 0 Å². The zero-order chi connectivity index (χ0) is 13.0. The maximum Gasteiger partial charge on any atom is 0.258 e. The summed E-state index contributed by atoms with van der Waals surface area (Å²) in [5.74, 6) is 1.11. The smallest absolute Gasteiger partial charge is 0.258 e. The number of anilines is 1. The van der Waals surface area contributed by atoms with Crippen LogP contribution in [0, 0.1) is 6.92 Å². The van der Waals surface area contributed by atoms with E-state index in [1.165, 1.54) is 11.9 Å². The Kier molecular flexibility index (Phi) is 4.43. The van der Waals surface area contributed by atoms with Crippen molar-refractivity contribution in [3.05, 3.63) is 40.6 Å². The van der Waals surface area contributed by atoms with E-state index in [0.717, 1.165) is 15.1 Å². The molecular weight excluding hydrogens is 314 g/mol. The molecule has 0 aliphatic heterocycles. The van der Waals surface area contributed by atoms with E-state index in [-0.39, 0.29) is 0 Å². The molecule has 1 N–H and O–H groups in total. The molecule has 0 fully saturated rings. The lowest BCUT2D eigenvalue weighted by Crippen LogP contribution is -1.99. The number of benzene rings is 1. The van der Waals surface area contributed by atoms with E-state index >= 15 is 0 Å². The first-order chi connectivity index (χ1) is 8.70. The monoisotopic (exact) mass is 325 g/mol. The normalized spacial score (nSPS) is 10.2. The van der Waals surface area contributed by atoms with Crippen LogP contribution in [0.3, 0.4) is 0 Å². The van der Waals surface area contributed by atoms with Crippen molar-refractivity contribution in [2.24, 2.45) is 0 Å². The molecular formula is C12H12BrN3OS. The first-order valence-corrected chi connectivity index (χ1v) is 6.86. The summed E-state index contributed by atoms with van der Waals surface area (Å²) >= 11 is 4.95. The summed E-state index contributed by atoms with van der Waals surface area (Å²) in [5, 5.41) is 0. The van der Waals surface area contributed by atoms with Gasteiger partial charge in [-0.2, -0.15) is 0 Å². The van der Waals surface area contributed by atoms with Crippen molar-refractivity contribution < 1.29 is 4.74 Å². The summed E-state index contributed by atoms with van der Waals surface area (Å²) in [6.07, 6.45) is 1.70. The number of aryl methyl sites for hydroxylation is 1. The molecule has 0 amide bonds. The molecule has 0 spiro atoms. The second kappa shape index (κ2) is 6.06. The Morgan fingerprint density at radius 1 is 1.33 bits per heavy atom. The fourth-order valence-electron chi connectivity index (χ4n) is 1.30. The summed E-state index contributed by atoms with van der Waals surface area (Å²) < 4.78 is 9.35. The standard InChI is InChI=1S/C12H12BrN3OS/c1-8-7-14-11(12(15-8)17-2)16-18-10-6-4-3-5-9(10)13/h3-7H,1-2H3,(H,14,16). The Labute approximate surface area is 118 Å². The number of ether oxygens (including phenoxy) is 1. The van der Waals surface area contributed by atoms with Gasteiger partial charge in [-0.05, 0) is 46.9 Å². The lowest BCUT2D eigenvalue weighted by Gasteiger charge is -2.09. The highest BCUT2D eigenvalue weighted by Gasteiger charge is 2.07. The minimum atomic E-state index is 0.495. The lowest BCUT2D eigenvalue weighted by atomic mass is 10.4. The van der Waals surface area contributed by atoms with Gasteiger partial charge >= 0.3 is 0 Å². The Morgan fingerprint density at radius 2 is 2.11 bits per heavy atom. The maximum atomic E-state index is 5.18. The van der Waals surface area contributed by atoms with Gasteiger partial charge < -0.3 is 9.46 Å². The summed E-state index contributed by atoms with van der Waals surface area (Å²) in [5.41, 5.74) is 0.822. The summed E-state index contributed by atoms with van der Waals surface area (Å²) in [6.45, 7) is 1.88. The predicted octanol–water partition coefficient (Wildman–Crippen LogP) is 3.68. The third-order valence-corrected chi connectivity index (χ3v) is 3.97. The zero-order valence-corrected chi connectivity index (χ0v) is 12.4. The number of aromatic nitrogens is 2. The number of halogens is 1. The highest BCUT2D eigenvalue weighted by atomic mass is 79.9. The first-order valence-electron chi connectivity index (χ1n) is 5.25. The average Bonchev–Trinajstić information content (AvgIpc) is 2.39. The van der Waals surface area contributed by atoms with E-state index in [0.29, 0.717) is 11.7 Å². The average molecular weight is 326 g/mol. The van der Waals surface area contributed by atoms with Crippen LogP contribution >= 0.6 is 27.9 Å². The van der Waals surface area contributed by atoms with Crippen molar-refractivity contribution in [1.82, 2.24) is 9.97 Å². The van der Waals surface area contributed by atoms with Gasteiger partial charge in [0.1, 0.15) is 0 Å². The summed E-state index contributed by atoms with van der Waals surface area (Å²) in [7, 11) is 1.58. The number of methoxy groups -OCH3 is 1. The minimum Gasteiger partial charge on any atom is -0.478 e. The third-order valence-electron chi connectivity index (χ3n) is 2.15. The van der Waals surface area contributed by atoms with E-state index in [4.69, 9.17) is 4.74 Å². The molecule has 1 heterocycles. The topological polar surface area (TPSA) is 47.0 Å². The van der Waals surface area contributed by atoms with Gasteiger partial charge in [0.2, 0.25) is 0 Å². The van der Waals surface area contributed by atoms with E-state index in [1.807, 2.05) is 31.2 Å². The van der Waals surface area contributed by atoms with Gasteiger partial charge in [-0.1, -0.05) is 12.1 Å². The molecule has 0 atom stereocenters. The molecule has 2 rings (SSSR count). The number of rotatable bonds is 4. The minimum absolute atomic E-state index is 0.495. The Morgan fingerprint density at radius 3 is 2.83 bits per heavy atom. The zero-order valence-electron chi connectivity index (χ0n) is 9.98. The molecule has 0 aliphatic carbocycles. The van der Waals surface area contributed by atoms with Gasteiger partial charge in [0.15, 0.2) is 5.82 Å². The lowest BCUT2D eigenvalue weighted by molar-refractivity contribution is 0.397. The van der Waals surface area contributed by atoms with Gasteiger partial charge in [0, 0.05) is 9.37 Å². The second-order valence-corrected chi connectivity index (χ2v) is 5.21. The molecule has 0 saturated heterocycles. The molecule has 2 aromatic rings. The summed E-state index contributed by atoms with van der Waals surface area (Å²) in [4.78, 5) is 9.58. The molecule has 1 aromatic carbocycles. The Balaban J connectivity index is 2.13. The van der Waals surface area contributed by atoms with Crippen molar-refractivity contribution in [3.63, 3.8) is 0 Å². The molecule has 18 heavy (non-hydrogen) atoms. The van der Waals surface area contributed by atoms with E-state index in [2.05, 4.69) is 30.6 Å². The summed E-state index contributed by atoms with van der Waals surface area (Å²) in [6, 6.07) is 7.95. The molecule has 0 radical (unpaired) electrons. The molecule has 0 bridgehead atoms. The van der Waals surface area contributed by atoms with Gasteiger partial charge in [-0.15, -0.1) is 0 Å². The highest BCUT2D eigenvalue weighted by molar-refractivity contribution is 9.10. The van der Waals surface area contributed by atoms with Crippen LogP contribution < -0.4 is 9.46 Å². The number of hydrogen-bond donors (Lipinski definition) is 1. The van der Waals surface area contributed by atoms with E-state index < -0.39 is 0 Å². The molecule has 4 nitrogen and oxygen atoms in total. The van der Waals surface area contributed by atoms with Crippen LogP contribution in [0.4, 0.5) is 5.82 Å². The largest absolute Gasteiger partial charge is 0.478 e. The van der Waals surface area contributed by atoms with Crippen molar-refractivity contribution in [2.75, 3.05) is 11.8 Å². The van der Waals surface area contributed by atoms with Gasteiger partial charge in [-0.25, -0.2) is 9.97 Å². The molecule has 94 valence electrons. The predicted molar refractivity (Wildman–Crippen MR) is 76.9 cm³/mol. The number of nitrogens with zero attached hydrogens (tertiary/aromatic N) is 2. The molecule has 0 saturated carbocycles. The molecule has 0 unspecified atom stereocenters. The third kappa shape index (κ3) is 3.14. The fraction of sp³-hybridized carbons (Fsp3) is 0.167. The SMILES string of the molecule is COc1nc(C)cnc1NSc1ccccc1Br. The van der Waals surface area contributed by atoms with Crippen LogP contribution in [-0.4, -0.2) is 17.1 Å². The second-order valence-electron chi connectivity index (χ2n) is 3.50. The van der Waals surface area contributed by atoms with Crippen LogP contribution in [0.5, 0.6) is 5.88 Å².